The van der Waals surface area contributed by atoms with E-state index in [1.165, 1.54) is 16.2 Å². The molecular formula is C27H20N4OS. The Bertz CT molecular complexity index is 1480. The van der Waals surface area contributed by atoms with Crippen molar-refractivity contribution in [1.82, 2.24) is 4.98 Å². The lowest BCUT2D eigenvalue weighted by Gasteiger charge is -2.09. The van der Waals surface area contributed by atoms with E-state index in [4.69, 9.17) is 0 Å². The van der Waals surface area contributed by atoms with E-state index in [0.717, 1.165) is 59.0 Å². The number of nitriles is 2. The molecule has 2 N–H and O–H groups in total. The average Bonchev–Trinajstić information content (AvgIpc) is 3.40. The number of nitrogens with zero attached hydrogens (tertiary/aromatic N) is 2. The first-order valence-corrected chi connectivity index (χ1v) is 11.6. The fourth-order valence-electron chi connectivity index (χ4n) is 4.38. The number of rotatable bonds is 4. The van der Waals surface area contributed by atoms with E-state index in [1.807, 2.05) is 54.6 Å². The van der Waals surface area contributed by atoms with Gasteiger partial charge >= 0.3 is 0 Å². The number of amides is 1. The van der Waals surface area contributed by atoms with Crippen LogP contribution < -0.4 is 5.32 Å². The van der Waals surface area contributed by atoms with Gasteiger partial charge in [-0.2, -0.15) is 10.5 Å². The number of aromatic nitrogens is 1. The van der Waals surface area contributed by atoms with E-state index in [9.17, 15) is 15.3 Å². The molecule has 0 spiro atoms. The van der Waals surface area contributed by atoms with E-state index in [-0.39, 0.29) is 5.57 Å². The van der Waals surface area contributed by atoms with E-state index in [2.05, 4.69) is 22.4 Å². The van der Waals surface area contributed by atoms with Crippen LogP contribution in [-0.4, -0.2) is 10.9 Å². The number of nitrogens with one attached hydrogen (secondary N) is 2. The van der Waals surface area contributed by atoms with Crippen molar-refractivity contribution < 1.29 is 4.79 Å². The second-order valence-electron chi connectivity index (χ2n) is 7.98. The van der Waals surface area contributed by atoms with Crippen LogP contribution >= 0.6 is 11.3 Å². The van der Waals surface area contributed by atoms with E-state index < -0.39 is 5.91 Å². The molecule has 0 fully saturated rings. The van der Waals surface area contributed by atoms with Gasteiger partial charge in [0.05, 0.1) is 11.3 Å². The molecular weight excluding hydrogens is 428 g/mol. The maximum absolute atomic E-state index is 13.1. The number of hydrogen-bond acceptors (Lipinski definition) is 4. The van der Waals surface area contributed by atoms with E-state index >= 15 is 0 Å². The molecule has 0 atom stereocenters. The van der Waals surface area contributed by atoms with Crippen LogP contribution in [0.3, 0.4) is 0 Å². The van der Waals surface area contributed by atoms with Gasteiger partial charge in [-0.3, -0.25) is 4.79 Å². The Balaban J connectivity index is 1.56. The van der Waals surface area contributed by atoms with Crippen molar-refractivity contribution in [2.24, 2.45) is 0 Å². The zero-order valence-electron chi connectivity index (χ0n) is 17.8. The van der Waals surface area contributed by atoms with Gasteiger partial charge in [0.25, 0.3) is 5.91 Å². The standard InChI is InChI=1S/C27H20N4OS/c28-15-18(26(32)31-27-22(16-29)20-11-5-7-13-24(20)33-27)14-21-19-10-4-6-12-23(19)30-25(21)17-8-2-1-3-9-17/h1-4,6,8-10,12,14,30H,5,7,11,13H2,(H,31,32)/b18-14+. The lowest BCUT2D eigenvalue weighted by atomic mass is 9.96. The lowest BCUT2D eigenvalue weighted by Crippen LogP contribution is -2.13. The predicted octanol–water partition coefficient (Wildman–Crippen LogP) is 6.19. The monoisotopic (exact) mass is 448 g/mol. The van der Waals surface area contributed by atoms with Crippen LogP contribution in [0.1, 0.15) is 34.4 Å². The number of anilines is 1. The molecule has 0 radical (unpaired) electrons. The number of aryl methyl sites for hydroxylation is 1. The molecule has 1 amide bonds. The normalized spacial score (nSPS) is 13.2. The third-order valence-electron chi connectivity index (χ3n) is 5.97. The van der Waals surface area contributed by atoms with Crippen molar-refractivity contribution in [2.75, 3.05) is 5.32 Å². The van der Waals surface area contributed by atoms with Crippen LogP contribution in [0.5, 0.6) is 0 Å². The van der Waals surface area contributed by atoms with Crippen LogP contribution in [0.25, 0.3) is 28.2 Å². The number of aromatic amines is 1. The van der Waals surface area contributed by atoms with E-state index in [0.29, 0.717) is 10.6 Å². The highest BCUT2D eigenvalue weighted by Crippen LogP contribution is 2.38. The molecule has 2 aromatic heterocycles. The van der Waals surface area contributed by atoms with Gasteiger partial charge in [-0.15, -0.1) is 11.3 Å². The summed E-state index contributed by atoms with van der Waals surface area (Å²) < 4.78 is 0. The molecule has 2 aromatic carbocycles. The number of carbonyl (C=O) groups is 1. The fraction of sp³-hybridized carbons (Fsp3) is 0.148. The van der Waals surface area contributed by atoms with Crippen LogP contribution in [0.2, 0.25) is 0 Å². The first-order valence-electron chi connectivity index (χ1n) is 10.8. The topological polar surface area (TPSA) is 92.5 Å². The maximum Gasteiger partial charge on any atom is 0.266 e. The second-order valence-corrected chi connectivity index (χ2v) is 9.08. The Morgan fingerprint density at radius 3 is 2.58 bits per heavy atom. The highest BCUT2D eigenvalue weighted by atomic mass is 32.1. The molecule has 0 unspecified atom stereocenters. The number of carbonyl (C=O) groups excluding carboxylic acids is 1. The average molecular weight is 449 g/mol. The highest BCUT2D eigenvalue weighted by Gasteiger charge is 2.23. The van der Waals surface area contributed by atoms with Gasteiger partial charge in [0.15, 0.2) is 0 Å². The first-order chi connectivity index (χ1) is 16.2. The third-order valence-corrected chi connectivity index (χ3v) is 7.18. The number of benzene rings is 2. The molecule has 5 rings (SSSR count). The number of fused-ring (bicyclic) bond motifs is 2. The van der Waals surface area contributed by atoms with Gasteiger partial charge in [-0.25, -0.2) is 0 Å². The van der Waals surface area contributed by atoms with Crippen LogP contribution in [0, 0.1) is 22.7 Å². The molecule has 0 aliphatic heterocycles. The minimum Gasteiger partial charge on any atom is -0.354 e. The molecule has 5 nitrogen and oxygen atoms in total. The summed E-state index contributed by atoms with van der Waals surface area (Å²) in [5, 5.41) is 23.8. The van der Waals surface area contributed by atoms with Crippen LogP contribution in [0.15, 0.2) is 60.2 Å². The molecule has 4 aromatic rings. The van der Waals surface area contributed by atoms with Crippen molar-refractivity contribution >= 4 is 39.2 Å². The molecule has 1 aliphatic carbocycles. The minimum absolute atomic E-state index is 0.00723. The Morgan fingerprint density at radius 1 is 1.03 bits per heavy atom. The van der Waals surface area contributed by atoms with Crippen LogP contribution in [0.4, 0.5) is 5.00 Å². The molecule has 0 saturated heterocycles. The molecule has 2 heterocycles. The minimum atomic E-state index is -0.503. The molecule has 1 aliphatic rings. The summed E-state index contributed by atoms with van der Waals surface area (Å²) in [6.07, 6.45) is 5.58. The lowest BCUT2D eigenvalue weighted by molar-refractivity contribution is -0.112. The SMILES string of the molecule is N#C/C(=C\c1c(-c2ccccc2)[nH]c2ccccc12)C(=O)Nc1sc2c(c1C#N)CCCC2. The zero-order valence-corrected chi connectivity index (χ0v) is 18.6. The van der Waals surface area contributed by atoms with Gasteiger partial charge in [0, 0.05) is 21.3 Å². The molecule has 33 heavy (non-hydrogen) atoms. The van der Waals surface area contributed by atoms with Gasteiger partial charge in [0.1, 0.15) is 22.7 Å². The number of para-hydroxylation sites is 1. The number of thiophene rings is 1. The van der Waals surface area contributed by atoms with Gasteiger partial charge < -0.3 is 10.3 Å². The Kier molecular flexibility index (Phi) is 5.52. The predicted molar refractivity (Wildman–Crippen MR) is 132 cm³/mol. The third kappa shape index (κ3) is 3.82. The summed E-state index contributed by atoms with van der Waals surface area (Å²) in [5.74, 6) is -0.503. The van der Waals surface area contributed by atoms with Crippen molar-refractivity contribution in [3.63, 3.8) is 0 Å². The number of H-pyrrole nitrogens is 1. The fourth-order valence-corrected chi connectivity index (χ4v) is 5.62. The zero-order chi connectivity index (χ0) is 22.8. The summed E-state index contributed by atoms with van der Waals surface area (Å²) in [6.45, 7) is 0. The summed E-state index contributed by atoms with van der Waals surface area (Å²) in [5.41, 5.74) is 5.11. The first kappa shape index (κ1) is 20.8. The summed E-state index contributed by atoms with van der Waals surface area (Å²) in [4.78, 5) is 17.7. The summed E-state index contributed by atoms with van der Waals surface area (Å²) in [7, 11) is 0. The van der Waals surface area contributed by atoms with Crippen molar-refractivity contribution in [3.05, 3.63) is 81.7 Å². The Morgan fingerprint density at radius 2 is 1.79 bits per heavy atom. The Hall–Kier alpha value is -4.13. The quantitative estimate of drug-likeness (QED) is 0.288. The molecule has 6 heteroatoms. The van der Waals surface area contributed by atoms with E-state index in [1.54, 1.807) is 6.08 Å². The largest absolute Gasteiger partial charge is 0.354 e. The summed E-state index contributed by atoms with van der Waals surface area (Å²) >= 11 is 1.46. The van der Waals surface area contributed by atoms with Crippen molar-refractivity contribution in [3.8, 4) is 23.4 Å². The van der Waals surface area contributed by atoms with Crippen LogP contribution in [-0.2, 0) is 17.6 Å². The smallest absolute Gasteiger partial charge is 0.266 e. The molecule has 160 valence electrons. The van der Waals surface area contributed by atoms with Crippen molar-refractivity contribution in [2.45, 2.75) is 25.7 Å². The number of hydrogen-bond donors (Lipinski definition) is 2. The highest BCUT2D eigenvalue weighted by molar-refractivity contribution is 7.16. The van der Waals surface area contributed by atoms with Gasteiger partial charge in [-0.05, 0) is 49.0 Å². The van der Waals surface area contributed by atoms with Gasteiger partial charge in [-0.1, -0.05) is 48.5 Å². The molecule has 0 saturated carbocycles. The maximum atomic E-state index is 13.1. The summed E-state index contributed by atoms with van der Waals surface area (Å²) in [6, 6.07) is 22.0. The second kappa shape index (κ2) is 8.78. The van der Waals surface area contributed by atoms with Gasteiger partial charge in [0.2, 0.25) is 0 Å². The van der Waals surface area contributed by atoms with Crippen molar-refractivity contribution in [1.29, 1.82) is 10.5 Å². The Labute approximate surface area is 195 Å². The molecule has 0 bridgehead atoms.